The Labute approximate surface area is 171 Å². The van der Waals surface area contributed by atoms with Gasteiger partial charge in [0.25, 0.3) is 5.91 Å². The highest BCUT2D eigenvalue weighted by atomic mass is 19.1. The fourth-order valence-corrected chi connectivity index (χ4v) is 3.58. The van der Waals surface area contributed by atoms with E-state index in [9.17, 15) is 18.4 Å². The molecule has 0 unspecified atom stereocenters. The lowest BCUT2D eigenvalue weighted by atomic mass is 10.1. The molecule has 1 amide bonds. The van der Waals surface area contributed by atoms with Crippen molar-refractivity contribution in [1.29, 1.82) is 0 Å². The maximum absolute atomic E-state index is 13.9. The second kappa shape index (κ2) is 8.14. The number of nitrogens with zero attached hydrogens (tertiary/aromatic N) is 2. The number of ether oxygens (including phenoxy) is 1. The van der Waals surface area contributed by atoms with E-state index in [4.69, 9.17) is 9.15 Å². The van der Waals surface area contributed by atoms with Gasteiger partial charge in [-0.2, -0.15) is 0 Å². The van der Waals surface area contributed by atoms with Crippen LogP contribution in [0.25, 0.3) is 11.0 Å². The largest absolute Gasteiger partial charge is 0.450 e. The van der Waals surface area contributed by atoms with Crippen LogP contribution in [0.15, 0.2) is 46.9 Å². The standard InChI is InChI=1S/C22H20F2N2O4/c1-14-16-12-15(23)6-7-19(16)30-21(14)22(28)29-13-20(27)26-10-8-25(9-11-26)18-5-3-2-4-17(18)24/h2-7,12H,8-11,13H2,1H3. The van der Waals surface area contributed by atoms with Gasteiger partial charge >= 0.3 is 5.97 Å². The number of halogens is 2. The number of furan rings is 1. The number of piperazine rings is 1. The molecule has 0 spiro atoms. The first-order chi connectivity index (χ1) is 14.4. The first kappa shape index (κ1) is 19.9. The Hall–Kier alpha value is -3.42. The summed E-state index contributed by atoms with van der Waals surface area (Å²) in [4.78, 5) is 28.2. The van der Waals surface area contributed by atoms with Crippen LogP contribution in [-0.2, 0) is 9.53 Å². The molecule has 3 aromatic rings. The summed E-state index contributed by atoms with van der Waals surface area (Å²) in [7, 11) is 0. The number of hydrogen-bond donors (Lipinski definition) is 0. The minimum atomic E-state index is -0.776. The molecule has 30 heavy (non-hydrogen) atoms. The molecular formula is C22H20F2N2O4. The third-order valence-corrected chi connectivity index (χ3v) is 5.24. The molecule has 0 N–H and O–H groups in total. The molecule has 1 fully saturated rings. The molecule has 8 heteroatoms. The van der Waals surface area contributed by atoms with Crippen LogP contribution in [0.3, 0.4) is 0 Å². The van der Waals surface area contributed by atoms with E-state index in [1.165, 1.54) is 24.3 Å². The average molecular weight is 414 g/mol. The fourth-order valence-electron chi connectivity index (χ4n) is 3.58. The van der Waals surface area contributed by atoms with E-state index in [0.29, 0.717) is 48.4 Å². The predicted molar refractivity (Wildman–Crippen MR) is 106 cm³/mol. The fraction of sp³-hybridized carbons (Fsp3) is 0.273. The minimum Gasteiger partial charge on any atom is -0.450 e. The number of fused-ring (bicyclic) bond motifs is 1. The molecule has 0 bridgehead atoms. The van der Waals surface area contributed by atoms with Gasteiger partial charge in [0.05, 0.1) is 5.69 Å². The molecule has 0 aliphatic carbocycles. The van der Waals surface area contributed by atoms with Gasteiger partial charge in [0.15, 0.2) is 6.61 Å². The quantitative estimate of drug-likeness (QED) is 0.612. The summed E-state index contributed by atoms with van der Waals surface area (Å²) >= 11 is 0. The minimum absolute atomic E-state index is 0.0484. The zero-order valence-electron chi connectivity index (χ0n) is 16.4. The Morgan fingerprint density at radius 1 is 1.07 bits per heavy atom. The summed E-state index contributed by atoms with van der Waals surface area (Å²) in [5.74, 6) is -1.89. The molecule has 1 saturated heterocycles. The van der Waals surface area contributed by atoms with E-state index in [-0.39, 0.29) is 17.5 Å². The molecule has 1 aromatic heterocycles. The monoisotopic (exact) mass is 414 g/mol. The number of carbonyl (C=O) groups is 2. The molecule has 6 nitrogen and oxygen atoms in total. The van der Waals surface area contributed by atoms with Gasteiger partial charge < -0.3 is 19.0 Å². The van der Waals surface area contributed by atoms with Gasteiger partial charge in [0, 0.05) is 37.1 Å². The Bertz CT molecular complexity index is 1100. The number of aryl methyl sites for hydroxylation is 1. The number of carbonyl (C=O) groups excluding carboxylic acids is 2. The second-order valence-electron chi connectivity index (χ2n) is 7.09. The molecule has 1 aliphatic heterocycles. The summed E-state index contributed by atoms with van der Waals surface area (Å²) < 4.78 is 37.9. The molecule has 2 aromatic carbocycles. The maximum Gasteiger partial charge on any atom is 0.375 e. The SMILES string of the molecule is Cc1c(C(=O)OCC(=O)N2CCN(c3ccccc3F)CC2)oc2ccc(F)cc12. The van der Waals surface area contributed by atoms with Crippen molar-refractivity contribution in [2.75, 3.05) is 37.7 Å². The first-order valence-electron chi connectivity index (χ1n) is 9.57. The van der Waals surface area contributed by atoms with Crippen molar-refractivity contribution in [3.8, 4) is 0 Å². The zero-order chi connectivity index (χ0) is 21.3. The van der Waals surface area contributed by atoms with Crippen molar-refractivity contribution in [2.45, 2.75) is 6.92 Å². The summed E-state index contributed by atoms with van der Waals surface area (Å²) in [6.45, 7) is 2.96. The number of anilines is 1. The highest BCUT2D eigenvalue weighted by Crippen LogP contribution is 2.26. The number of amides is 1. The molecular weight excluding hydrogens is 394 g/mol. The average Bonchev–Trinajstić information content (AvgIpc) is 3.08. The van der Waals surface area contributed by atoms with Gasteiger partial charge in [-0.1, -0.05) is 12.1 Å². The number of hydrogen-bond acceptors (Lipinski definition) is 5. The summed E-state index contributed by atoms with van der Waals surface area (Å²) in [6, 6.07) is 10.5. The topological polar surface area (TPSA) is 63.0 Å². The molecule has 2 heterocycles. The van der Waals surface area contributed by atoms with Crippen LogP contribution in [0.2, 0.25) is 0 Å². The van der Waals surface area contributed by atoms with E-state index in [1.54, 1.807) is 30.0 Å². The predicted octanol–water partition coefficient (Wildman–Crippen LogP) is 3.53. The lowest BCUT2D eigenvalue weighted by Gasteiger charge is -2.36. The Morgan fingerprint density at radius 2 is 1.80 bits per heavy atom. The van der Waals surface area contributed by atoms with Crippen LogP contribution in [0.5, 0.6) is 0 Å². The summed E-state index contributed by atoms with van der Waals surface area (Å²) in [5.41, 5.74) is 1.34. The highest BCUT2D eigenvalue weighted by molar-refractivity contribution is 5.96. The van der Waals surface area contributed by atoms with E-state index in [0.717, 1.165) is 0 Å². The molecule has 1 aliphatic rings. The van der Waals surface area contributed by atoms with Gasteiger partial charge in [0.2, 0.25) is 5.76 Å². The van der Waals surface area contributed by atoms with E-state index < -0.39 is 18.4 Å². The third kappa shape index (κ3) is 3.85. The highest BCUT2D eigenvalue weighted by Gasteiger charge is 2.25. The van der Waals surface area contributed by atoms with Gasteiger partial charge in [-0.3, -0.25) is 4.79 Å². The first-order valence-corrected chi connectivity index (χ1v) is 9.57. The number of benzene rings is 2. The van der Waals surface area contributed by atoms with Crippen molar-refractivity contribution in [3.63, 3.8) is 0 Å². The van der Waals surface area contributed by atoms with Gasteiger partial charge in [0.1, 0.15) is 17.2 Å². The third-order valence-electron chi connectivity index (χ3n) is 5.24. The molecule has 0 radical (unpaired) electrons. The van der Waals surface area contributed by atoms with Crippen LogP contribution >= 0.6 is 0 Å². The maximum atomic E-state index is 13.9. The van der Waals surface area contributed by atoms with Crippen molar-refractivity contribution in [1.82, 2.24) is 4.90 Å². The van der Waals surface area contributed by atoms with Crippen molar-refractivity contribution >= 4 is 28.5 Å². The smallest absolute Gasteiger partial charge is 0.375 e. The normalized spacial score (nSPS) is 14.2. The van der Waals surface area contributed by atoms with Crippen LogP contribution < -0.4 is 4.90 Å². The number of rotatable bonds is 4. The Morgan fingerprint density at radius 3 is 2.53 bits per heavy atom. The van der Waals surface area contributed by atoms with Crippen molar-refractivity contribution in [2.24, 2.45) is 0 Å². The lowest BCUT2D eigenvalue weighted by Crippen LogP contribution is -2.50. The summed E-state index contributed by atoms with van der Waals surface area (Å²) in [5, 5.41) is 0.484. The lowest BCUT2D eigenvalue weighted by molar-refractivity contribution is -0.134. The molecule has 0 atom stereocenters. The Kier molecular flexibility index (Phi) is 5.39. The van der Waals surface area contributed by atoms with Crippen LogP contribution in [-0.4, -0.2) is 49.6 Å². The summed E-state index contributed by atoms with van der Waals surface area (Å²) in [6.07, 6.45) is 0. The second-order valence-corrected chi connectivity index (χ2v) is 7.09. The van der Waals surface area contributed by atoms with Crippen molar-refractivity contribution < 1.29 is 27.5 Å². The zero-order valence-corrected chi connectivity index (χ0v) is 16.4. The molecule has 0 saturated carbocycles. The van der Waals surface area contributed by atoms with Crippen LogP contribution in [0, 0.1) is 18.6 Å². The number of esters is 1. The van der Waals surface area contributed by atoms with Gasteiger partial charge in [-0.15, -0.1) is 0 Å². The molecule has 156 valence electrons. The van der Waals surface area contributed by atoms with E-state index >= 15 is 0 Å². The Balaban J connectivity index is 1.34. The molecule has 4 rings (SSSR count). The van der Waals surface area contributed by atoms with Crippen molar-refractivity contribution in [3.05, 3.63) is 65.4 Å². The van der Waals surface area contributed by atoms with Crippen LogP contribution in [0.4, 0.5) is 14.5 Å². The van der Waals surface area contributed by atoms with Gasteiger partial charge in [-0.25, -0.2) is 13.6 Å². The van der Waals surface area contributed by atoms with Gasteiger partial charge in [-0.05, 0) is 37.3 Å². The number of para-hydroxylation sites is 1. The van der Waals surface area contributed by atoms with E-state index in [2.05, 4.69) is 0 Å². The van der Waals surface area contributed by atoms with E-state index in [1.807, 2.05) is 4.90 Å². The van der Waals surface area contributed by atoms with Crippen LogP contribution in [0.1, 0.15) is 16.1 Å².